The highest BCUT2D eigenvalue weighted by atomic mass is 79.9. The van der Waals surface area contributed by atoms with E-state index >= 15 is 0 Å². The number of aromatic nitrogens is 2. The number of rotatable bonds is 3. The Balaban J connectivity index is 0.000000510. The van der Waals surface area contributed by atoms with Crippen molar-refractivity contribution < 1.29 is 19.1 Å². The van der Waals surface area contributed by atoms with Crippen LogP contribution in [0.2, 0.25) is 0 Å². The number of nitrogen functional groups attached to an aromatic ring is 2. The zero-order valence-corrected chi connectivity index (χ0v) is 21.5. The van der Waals surface area contributed by atoms with Gasteiger partial charge >= 0.3 is 11.9 Å². The summed E-state index contributed by atoms with van der Waals surface area (Å²) in [6.45, 7) is 14.2. The first kappa shape index (κ1) is 29.8. The van der Waals surface area contributed by atoms with Crippen molar-refractivity contribution in [3.8, 4) is 0 Å². The molecule has 0 fully saturated rings. The van der Waals surface area contributed by atoms with E-state index in [2.05, 4.69) is 32.5 Å². The Hall–Kier alpha value is -3.20. The molecule has 0 saturated carbocycles. The number of carbonyl (C=O) groups is 2. The lowest BCUT2D eigenvalue weighted by Crippen LogP contribution is -2.22. The van der Waals surface area contributed by atoms with E-state index in [1.54, 1.807) is 36.7 Å². The molecule has 0 unspecified atom stereocenters. The Kier molecular flexibility index (Phi) is 12.7. The summed E-state index contributed by atoms with van der Waals surface area (Å²) >= 11 is 3.23. The van der Waals surface area contributed by atoms with Gasteiger partial charge in [0.05, 0.1) is 0 Å². The number of nitrogens with zero attached hydrogens (tertiary/aromatic N) is 2. The van der Waals surface area contributed by atoms with E-state index in [-0.39, 0.29) is 11.9 Å². The minimum absolute atomic E-state index is 0.371. The molecule has 0 bridgehead atoms. The Bertz CT molecular complexity index is 892. The standard InChI is InChI=1S/C12H16N2O2.C7H12O2.C5H5BrN2/c1-12(2,3)16-11(15)7-5-9-4-6-10(13)14-8-9;1-5-6(8)9-7(2,3)4;6-4-1-2-5(7)8-3-4/h4-8H,1-3H3,(H2,13,14);5H,1H2,2-4H3;1-3H,(H2,7,8)/b7-5+;;. The Morgan fingerprint density at radius 3 is 1.70 bits per heavy atom. The second-order valence-corrected chi connectivity index (χ2v) is 9.44. The van der Waals surface area contributed by atoms with E-state index in [1.165, 1.54) is 6.08 Å². The summed E-state index contributed by atoms with van der Waals surface area (Å²) in [6, 6.07) is 7.05. The third-order valence-corrected chi connectivity index (χ3v) is 3.42. The molecule has 0 aromatic carbocycles. The fourth-order valence-electron chi connectivity index (χ4n) is 1.75. The van der Waals surface area contributed by atoms with Crippen LogP contribution in [-0.2, 0) is 19.1 Å². The van der Waals surface area contributed by atoms with Crippen LogP contribution in [0.1, 0.15) is 47.1 Å². The van der Waals surface area contributed by atoms with Crippen LogP contribution in [0.4, 0.5) is 11.6 Å². The fraction of sp³-hybridized carbons (Fsp3) is 0.333. The summed E-state index contributed by atoms with van der Waals surface area (Å²) in [5.41, 5.74) is 10.7. The minimum Gasteiger partial charge on any atom is -0.457 e. The van der Waals surface area contributed by atoms with Crippen molar-refractivity contribution in [3.05, 3.63) is 65.4 Å². The van der Waals surface area contributed by atoms with Crippen molar-refractivity contribution in [2.24, 2.45) is 0 Å². The smallest absolute Gasteiger partial charge is 0.331 e. The number of pyridine rings is 2. The van der Waals surface area contributed by atoms with E-state index in [1.807, 2.05) is 47.6 Å². The maximum Gasteiger partial charge on any atom is 0.331 e. The van der Waals surface area contributed by atoms with Crippen molar-refractivity contribution in [3.63, 3.8) is 0 Å². The number of halogens is 1. The maximum absolute atomic E-state index is 11.3. The van der Waals surface area contributed by atoms with Gasteiger partial charge in [-0.25, -0.2) is 19.6 Å². The lowest BCUT2D eigenvalue weighted by molar-refractivity contribution is -0.149. The lowest BCUT2D eigenvalue weighted by Gasteiger charge is -2.17. The van der Waals surface area contributed by atoms with Crippen molar-refractivity contribution in [1.82, 2.24) is 9.97 Å². The van der Waals surface area contributed by atoms with Gasteiger partial charge in [-0.15, -0.1) is 0 Å². The van der Waals surface area contributed by atoms with Crippen molar-refractivity contribution >= 4 is 45.6 Å². The van der Waals surface area contributed by atoms with Crippen molar-refractivity contribution in [1.29, 1.82) is 0 Å². The predicted octanol–water partition coefficient (Wildman–Crippen LogP) is 4.96. The summed E-state index contributed by atoms with van der Waals surface area (Å²) in [7, 11) is 0. The largest absolute Gasteiger partial charge is 0.457 e. The molecule has 2 aromatic rings. The van der Waals surface area contributed by atoms with Crippen LogP contribution >= 0.6 is 15.9 Å². The molecule has 2 heterocycles. The average molecular weight is 521 g/mol. The summed E-state index contributed by atoms with van der Waals surface area (Å²) < 4.78 is 10.9. The molecular weight excluding hydrogens is 488 g/mol. The number of hydrogen-bond donors (Lipinski definition) is 2. The molecule has 0 aliphatic rings. The highest BCUT2D eigenvalue weighted by Gasteiger charge is 2.14. The molecule has 0 atom stereocenters. The van der Waals surface area contributed by atoms with E-state index in [0.29, 0.717) is 11.6 Å². The number of hydrogen-bond acceptors (Lipinski definition) is 8. The summed E-state index contributed by atoms with van der Waals surface area (Å²) in [4.78, 5) is 29.5. The third kappa shape index (κ3) is 18.1. The Morgan fingerprint density at radius 2 is 1.36 bits per heavy atom. The van der Waals surface area contributed by atoms with Crippen LogP contribution in [0.5, 0.6) is 0 Å². The van der Waals surface area contributed by atoms with Gasteiger partial charge in [-0.1, -0.05) is 6.58 Å². The number of anilines is 2. The lowest BCUT2D eigenvalue weighted by atomic mass is 10.2. The summed E-state index contributed by atoms with van der Waals surface area (Å²) in [5.74, 6) is 0.259. The summed E-state index contributed by atoms with van der Waals surface area (Å²) in [5, 5.41) is 0. The van der Waals surface area contributed by atoms with Crippen molar-refractivity contribution in [2.75, 3.05) is 11.5 Å². The molecule has 4 N–H and O–H groups in total. The quantitative estimate of drug-likeness (QED) is 0.428. The molecule has 180 valence electrons. The number of esters is 2. The van der Waals surface area contributed by atoms with Gasteiger partial charge < -0.3 is 20.9 Å². The van der Waals surface area contributed by atoms with Gasteiger partial charge in [0.1, 0.15) is 22.8 Å². The van der Waals surface area contributed by atoms with Gasteiger partial charge in [-0.05, 0) is 93.4 Å². The molecule has 2 aromatic heterocycles. The molecular formula is C24H33BrN4O4. The molecule has 0 aliphatic carbocycles. The van der Waals surface area contributed by atoms with Gasteiger partial charge in [-0.2, -0.15) is 0 Å². The first-order chi connectivity index (χ1) is 15.1. The Labute approximate surface area is 204 Å². The van der Waals surface area contributed by atoms with Crippen LogP contribution in [0.15, 0.2) is 59.9 Å². The maximum atomic E-state index is 11.3. The average Bonchev–Trinajstić information content (AvgIpc) is 2.68. The molecule has 0 saturated heterocycles. The van der Waals surface area contributed by atoms with Crippen LogP contribution in [0.25, 0.3) is 6.08 Å². The molecule has 8 nitrogen and oxygen atoms in total. The molecule has 0 amide bonds. The SMILES string of the molecule is C=CC(=O)OC(C)(C)C.CC(C)(C)OC(=O)/C=C/c1ccc(N)nc1.Nc1ccc(Br)cn1. The zero-order chi connectivity index (χ0) is 25.7. The van der Waals surface area contributed by atoms with Gasteiger partial charge in [-0.3, -0.25) is 0 Å². The number of carbonyl (C=O) groups excluding carboxylic acids is 2. The van der Waals surface area contributed by atoms with E-state index in [0.717, 1.165) is 16.1 Å². The molecule has 2 rings (SSSR count). The second kappa shape index (κ2) is 14.1. The zero-order valence-electron chi connectivity index (χ0n) is 20.0. The highest BCUT2D eigenvalue weighted by Crippen LogP contribution is 2.09. The van der Waals surface area contributed by atoms with Gasteiger partial charge in [0.15, 0.2) is 0 Å². The highest BCUT2D eigenvalue weighted by molar-refractivity contribution is 9.10. The van der Waals surface area contributed by atoms with E-state index < -0.39 is 11.2 Å². The van der Waals surface area contributed by atoms with Crippen LogP contribution in [0.3, 0.4) is 0 Å². The molecule has 33 heavy (non-hydrogen) atoms. The monoisotopic (exact) mass is 520 g/mol. The van der Waals surface area contributed by atoms with Crippen LogP contribution in [-0.4, -0.2) is 33.1 Å². The number of nitrogens with two attached hydrogens (primary N) is 2. The minimum atomic E-state index is -0.471. The second-order valence-electron chi connectivity index (χ2n) is 8.52. The molecule has 9 heteroatoms. The summed E-state index contributed by atoms with van der Waals surface area (Å²) in [6.07, 6.45) is 7.43. The van der Waals surface area contributed by atoms with Gasteiger partial charge in [0.25, 0.3) is 0 Å². The Morgan fingerprint density at radius 1 is 0.879 bits per heavy atom. The molecule has 0 spiro atoms. The number of ether oxygens (including phenoxy) is 2. The molecule has 0 radical (unpaired) electrons. The van der Waals surface area contributed by atoms with E-state index in [4.69, 9.17) is 20.9 Å². The fourth-order valence-corrected chi connectivity index (χ4v) is 1.98. The topological polar surface area (TPSA) is 130 Å². The van der Waals surface area contributed by atoms with Gasteiger partial charge in [0.2, 0.25) is 0 Å². The van der Waals surface area contributed by atoms with Crippen molar-refractivity contribution in [2.45, 2.75) is 52.7 Å². The predicted molar refractivity (Wildman–Crippen MR) is 136 cm³/mol. The molecule has 0 aliphatic heterocycles. The first-order valence-corrected chi connectivity index (χ1v) is 10.8. The van der Waals surface area contributed by atoms with Gasteiger partial charge in [0, 0.05) is 29.0 Å². The first-order valence-electron chi connectivity index (χ1n) is 9.96. The van der Waals surface area contributed by atoms with E-state index in [9.17, 15) is 9.59 Å². The van der Waals surface area contributed by atoms with Crippen LogP contribution < -0.4 is 11.5 Å². The third-order valence-electron chi connectivity index (χ3n) is 2.95. The van der Waals surface area contributed by atoms with Crippen LogP contribution in [0, 0.1) is 0 Å². The normalized spacial score (nSPS) is 10.8.